The van der Waals surface area contributed by atoms with Crippen molar-refractivity contribution < 1.29 is 9.47 Å². The number of ether oxygens (including phenoxy) is 2. The highest BCUT2D eigenvalue weighted by atomic mass is 35.5. The van der Waals surface area contributed by atoms with E-state index in [1.807, 2.05) is 11.8 Å². The van der Waals surface area contributed by atoms with Gasteiger partial charge >= 0.3 is 0 Å². The predicted octanol–water partition coefficient (Wildman–Crippen LogP) is 2.07. The van der Waals surface area contributed by atoms with Crippen LogP contribution in [0.25, 0.3) is 0 Å². The van der Waals surface area contributed by atoms with Gasteiger partial charge in [0.25, 0.3) is 0 Å². The first-order valence-electron chi connectivity index (χ1n) is 6.84. The summed E-state index contributed by atoms with van der Waals surface area (Å²) >= 11 is 0. The second-order valence-electron chi connectivity index (χ2n) is 4.91. The Hall–Kier alpha value is -2.12. The number of hydrogen-bond acceptors (Lipinski definition) is 3. The Kier molecular flexibility index (Phi) is 9.02. The van der Waals surface area contributed by atoms with Crippen LogP contribution in [0.2, 0.25) is 0 Å². The standard InChI is InChI=1S/C15H21N5O2.2ClH/c1-10-6-7-20(9-10)15(17)19-14(16)18-11-4-5-12(21-2)13(8-11)22-3;;/h4-6,8H,7,9H2,1-3H3,(H4,16,17,18,19);2*1H. The topological polar surface area (TPSA) is 98.5 Å². The van der Waals surface area contributed by atoms with E-state index in [9.17, 15) is 0 Å². The van der Waals surface area contributed by atoms with Crippen LogP contribution in [0, 0.1) is 0 Å². The van der Waals surface area contributed by atoms with Crippen molar-refractivity contribution in [2.75, 3.05) is 27.3 Å². The Bertz CT molecular complexity index is 647. The highest BCUT2D eigenvalue weighted by Gasteiger charge is 2.13. The second kappa shape index (κ2) is 9.89. The first kappa shape index (κ1) is 21.9. The van der Waals surface area contributed by atoms with Crippen LogP contribution in [0.4, 0.5) is 5.69 Å². The minimum atomic E-state index is 0. The quantitative estimate of drug-likeness (QED) is 0.478. The molecule has 1 aliphatic rings. The van der Waals surface area contributed by atoms with Crippen LogP contribution >= 0.6 is 24.8 Å². The predicted molar refractivity (Wildman–Crippen MR) is 102 cm³/mol. The van der Waals surface area contributed by atoms with E-state index in [-0.39, 0.29) is 30.8 Å². The molecule has 0 saturated heterocycles. The molecule has 0 radical (unpaired) electrons. The highest BCUT2D eigenvalue weighted by Crippen LogP contribution is 2.30. The van der Waals surface area contributed by atoms with E-state index in [0.29, 0.717) is 23.1 Å². The lowest BCUT2D eigenvalue weighted by Gasteiger charge is -2.16. The summed E-state index contributed by atoms with van der Waals surface area (Å²) in [5.74, 6) is 1.65. The number of methoxy groups -OCH3 is 2. The number of nitrogens with zero attached hydrogens (tertiary/aromatic N) is 3. The van der Waals surface area contributed by atoms with Crippen LogP contribution in [0.5, 0.6) is 11.5 Å². The lowest BCUT2D eigenvalue weighted by atomic mass is 10.3. The third kappa shape index (κ3) is 5.50. The zero-order valence-electron chi connectivity index (χ0n) is 13.9. The van der Waals surface area contributed by atoms with Crippen molar-refractivity contribution in [2.24, 2.45) is 21.5 Å². The lowest BCUT2D eigenvalue weighted by Crippen LogP contribution is -2.37. The van der Waals surface area contributed by atoms with Crippen LogP contribution in [0.15, 0.2) is 39.8 Å². The van der Waals surface area contributed by atoms with Gasteiger partial charge in [0.2, 0.25) is 5.96 Å². The first-order chi connectivity index (χ1) is 10.5. The van der Waals surface area contributed by atoms with E-state index < -0.39 is 0 Å². The molecule has 1 aromatic carbocycles. The summed E-state index contributed by atoms with van der Waals surface area (Å²) in [5.41, 5.74) is 13.6. The normalized spacial score (nSPS) is 14.5. The average Bonchev–Trinajstić information content (AvgIpc) is 2.93. The van der Waals surface area contributed by atoms with E-state index in [2.05, 4.69) is 16.1 Å². The Labute approximate surface area is 154 Å². The van der Waals surface area contributed by atoms with Gasteiger partial charge < -0.3 is 25.8 Å². The molecule has 1 heterocycles. The van der Waals surface area contributed by atoms with Gasteiger partial charge in [-0.2, -0.15) is 4.99 Å². The molecule has 0 atom stereocenters. The molecule has 1 aliphatic heterocycles. The molecule has 0 amide bonds. The smallest absolute Gasteiger partial charge is 0.223 e. The summed E-state index contributed by atoms with van der Waals surface area (Å²) in [5, 5.41) is 0. The van der Waals surface area contributed by atoms with Crippen LogP contribution in [-0.2, 0) is 0 Å². The SMILES string of the molecule is COc1ccc(N=C(N)/N=C(/N)N2CC=C(C)C2)cc1OC.Cl.Cl. The van der Waals surface area contributed by atoms with Gasteiger partial charge in [-0.1, -0.05) is 11.6 Å². The maximum atomic E-state index is 5.93. The van der Waals surface area contributed by atoms with Gasteiger partial charge in [-0.15, -0.1) is 24.8 Å². The fraction of sp³-hybridized carbons (Fsp3) is 0.333. The molecule has 24 heavy (non-hydrogen) atoms. The number of halogens is 2. The van der Waals surface area contributed by atoms with Crippen molar-refractivity contribution in [1.29, 1.82) is 0 Å². The Morgan fingerprint density at radius 3 is 2.33 bits per heavy atom. The maximum absolute atomic E-state index is 5.93. The molecular weight excluding hydrogens is 353 g/mol. The van der Waals surface area contributed by atoms with E-state index >= 15 is 0 Å². The number of nitrogens with two attached hydrogens (primary N) is 2. The van der Waals surface area contributed by atoms with E-state index in [1.165, 1.54) is 5.57 Å². The summed E-state index contributed by atoms with van der Waals surface area (Å²) in [7, 11) is 3.14. The molecule has 0 saturated carbocycles. The molecule has 0 aliphatic carbocycles. The van der Waals surface area contributed by atoms with Crippen molar-refractivity contribution in [3.05, 3.63) is 29.8 Å². The average molecular weight is 376 g/mol. The number of benzene rings is 1. The van der Waals surface area contributed by atoms with Gasteiger partial charge in [0.15, 0.2) is 17.5 Å². The molecule has 134 valence electrons. The number of guanidine groups is 2. The zero-order valence-corrected chi connectivity index (χ0v) is 15.5. The summed E-state index contributed by atoms with van der Waals surface area (Å²) in [6, 6.07) is 5.24. The van der Waals surface area contributed by atoms with Crippen LogP contribution < -0.4 is 20.9 Å². The number of hydrogen-bond donors (Lipinski definition) is 2. The first-order valence-corrected chi connectivity index (χ1v) is 6.84. The number of rotatable bonds is 3. The largest absolute Gasteiger partial charge is 0.493 e. The van der Waals surface area contributed by atoms with Crippen molar-refractivity contribution in [3.63, 3.8) is 0 Å². The maximum Gasteiger partial charge on any atom is 0.223 e. The molecular formula is C15H23Cl2N5O2. The van der Waals surface area contributed by atoms with Crippen molar-refractivity contribution >= 4 is 42.4 Å². The molecule has 7 nitrogen and oxygen atoms in total. The van der Waals surface area contributed by atoms with Gasteiger partial charge in [0.1, 0.15) is 0 Å². The van der Waals surface area contributed by atoms with Crippen LogP contribution in [0.1, 0.15) is 6.92 Å². The van der Waals surface area contributed by atoms with Crippen molar-refractivity contribution in [3.8, 4) is 11.5 Å². The molecule has 0 fully saturated rings. The summed E-state index contributed by atoms with van der Waals surface area (Å²) in [6.45, 7) is 3.55. The number of aliphatic imine (C=N–C) groups is 2. The van der Waals surface area contributed by atoms with Crippen LogP contribution in [0.3, 0.4) is 0 Å². The van der Waals surface area contributed by atoms with Gasteiger partial charge in [-0.3, -0.25) is 0 Å². The molecule has 4 N–H and O–H groups in total. The van der Waals surface area contributed by atoms with Gasteiger partial charge in [0, 0.05) is 19.2 Å². The molecule has 9 heteroatoms. The molecule has 0 bridgehead atoms. The Morgan fingerprint density at radius 2 is 1.79 bits per heavy atom. The third-order valence-electron chi connectivity index (χ3n) is 3.26. The highest BCUT2D eigenvalue weighted by molar-refractivity contribution is 5.94. The monoisotopic (exact) mass is 375 g/mol. The fourth-order valence-corrected chi connectivity index (χ4v) is 2.11. The van der Waals surface area contributed by atoms with Gasteiger partial charge in [0.05, 0.1) is 19.9 Å². The summed E-state index contributed by atoms with van der Waals surface area (Å²) in [4.78, 5) is 10.3. The van der Waals surface area contributed by atoms with Crippen molar-refractivity contribution in [2.45, 2.75) is 6.92 Å². The zero-order chi connectivity index (χ0) is 16.1. The fourth-order valence-electron chi connectivity index (χ4n) is 2.11. The van der Waals surface area contributed by atoms with E-state index in [4.69, 9.17) is 20.9 Å². The minimum absolute atomic E-state index is 0. The van der Waals surface area contributed by atoms with Crippen molar-refractivity contribution in [1.82, 2.24) is 4.90 Å². The molecule has 0 aromatic heterocycles. The molecule has 0 spiro atoms. The van der Waals surface area contributed by atoms with E-state index in [0.717, 1.165) is 13.1 Å². The Morgan fingerprint density at radius 1 is 1.12 bits per heavy atom. The lowest BCUT2D eigenvalue weighted by molar-refractivity contribution is 0.355. The molecule has 0 unspecified atom stereocenters. The summed E-state index contributed by atoms with van der Waals surface area (Å²) in [6.07, 6.45) is 2.10. The molecule has 1 aromatic rings. The second-order valence-corrected chi connectivity index (χ2v) is 4.91. The van der Waals surface area contributed by atoms with Crippen LogP contribution in [-0.4, -0.2) is 44.1 Å². The Balaban J connectivity index is 0.00000264. The molecule has 2 rings (SSSR count). The van der Waals surface area contributed by atoms with Gasteiger partial charge in [-0.05, 0) is 19.1 Å². The third-order valence-corrected chi connectivity index (χ3v) is 3.26. The summed E-state index contributed by atoms with van der Waals surface area (Å²) < 4.78 is 10.4. The van der Waals surface area contributed by atoms with E-state index in [1.54, 1.807) is 32.4 Å². The van der Waals surface area contributed by atoms with Gasteiger partial charge in [-0.25, -0.2) is 4.99 Å². The minimum Gasteiger partial charge on any atom is -0.493 e.